The molecule has 0 aromatic carbocycles. The minimum Gasteiger partial charge on any atom is -0.444 e. The van der Waals surface area contributed by atoms with Gasteiger partial charge in [-0.05, 0) is 20.8 Å². The van der Waals surface area contributed by atoms with Gasteiger partial charge in [0.15, 0.2) is 0 Å². The molecule has 1 heterocycles. The molecule has 3 N–H and O–H groups in total. The Kier molecular flexibility index (Phi) is 5.25. The van der Waals surface area contributed by atoms with E-state index < -0.39 is 22.5 Å². The third-order valence-electron chi connectivity index (χ3n) is 2.72. The van der Waals surface area contributed by atoms with E-state index in [0.717, 1.165) is 0 Å². The Morgan fingerprint density at radius 1 is 1.62 bits per heavy atom. The summed E-state index contributed by atoms with van der Waals surface area (Å²) in [7, 11) is 1.60. The predicted octanol–water partition coefficient (Wildman–Crippen LogP) is 0.895. The quantitative estimate of drug-likeness (QED) is 0.614. The number of nitro groups is 1. The second-order valence-corrected chi connectivity index (χ2v) is 5.61. The van der Waals surface area contributed by atoms with Gasteiger partial charge in [0.05, 0.1) is 4.92 Å². The molecule has 0 aliphatic heterocycles. The Morgan fingerprint density at radius 2 is 2.24 bits per heavy atom. The standard InChI is InChI=1S/C12H21N5O4/c1-12(2,3)21-11(18)14-6-8(5-13)10-9(17(19)20)7-15-16(10)4/h7-8H,5-6,13H2,1-4H3,(H,14,18). The zero-order valence-corrected chi connectivity index (χ0v) is 12.6. The van der Waals surface area contributed by atoms with Crippen LogP contribution >= 0.6 is 0 Å². The summed E-state index contributed by atoms with van der Waals surface area (Å²) >= 11 is 0. The number of alkyl carbamates (subject to hydrolysis) is 1. The lowest BCUT2D eigenvalue weighted by Gasteiger charge is -2.21. The van der Waals surface area contributed by atoms with Crippen LogP contribution in [0.4, 0.5) is 10.5 Å². The summed E-state index contributed by atoms with van der Waals surface area (Å²) in [6.07, 6.45) is 0.580. The van der Waals surface area contributed by atoms with Gasteiger partial charge in [-0.25, -0.2) is 4.79 Å². The van der Waals surface area contributed by atoms with E-state index in [0.29, 0.717) is 5.69 Å². The second-order valence-electron chi connectivity index (χ2n) is 5.61. The van der Waals surface area contributed by atoms with Crippen LogP contribution in [0.5, 0.6) is 0 Å². The van der Waals surface area contributed by atoms with Crippen LogP contribution in [0.15, 0.2) is 6.20 Å². The fraction of sp³-hybridized carbons (Fsp3) is 0.667. The van der Waals surface area contributed by atoms with Gasteiger partial charge in [0, 0.05) is 26.1 Å². The van der Waals surface area contributed by atoms with Crippen LogP contribution < -0.4 is 11.1 Å². The van der Waals surface area contributed by atoms with Gasteiger partial charge in [0.1, 0.15) is 17.5 Å². The number of nitrogens with zero attached hydrogens (tertiary/aromatic N) is 3. The summed E-state index contributed by atoms with van der Waals surface area (Å²) in [4.78, 5) is 22.1. The van der Waals surface area contributed by atoms with E-state index in [9.17, 15) is 14.9 Å². The number of carbonyl (C=O) groups excluding carboxylic acids is 1. The maximum atomic E-state index is 11.6. The van der Waals surface area contributed by atoms with Crippen LogP contribution in [0, 0.1) is 10.1 Å². The van der Waals surface area contributed by atoms with Gasteiger partial charge in [0.25, 0.3) is 0 Å². The molecule has 0 saturated carbocycles. The van der Waals surface area contributed by atoms with Gasteiger partial charge in [-0.3, -0.25) is 14.8 Å². The highest BCUT2D eigenvalue weighted by Crippen LogP contribution is 2.24. The Balaban J connectivity index is 2.79. The Hall–Kier alpha value is -2.16. The van der Waals surface area contributed by atoms with E-state index in [1.807, 2.05) is 0 Å². The molecule has 21 heavy (non-hydrogen) atoms. The molecule has 0 saturated heterocycles. The lowest BCUT2D eigenvalue weighted by atomic mass is 10.0. The van der Waals surface area contributed by atoms with Crippen LogP contribution in [-0.4, -0.2) is 39.5 Å². The number of ether oxygens (including phenoxy) is 1. The zero-order chi connectivity index (χ0) is 16.2. The van der Waals surface area contributed by atoms with Crippen molar-refractivity contribution in [2.24, 2.45) is 12.8 Å². The second kappa shape index (κ2) is 6.53. The van der Waals surface area contributed by atoms with Crippen molar-refractivity contribution in [3.63, 3.8) is 0 Å². The first-order valence-electron chi connectivity index (χ1n) is 6.49. The minimum atomic E-state index is -0.610. The number of aromatic nitrogens is 2. The van der Waals surface area contributed by atoms with Crippen LogP contribution in [0.1, 0.15) is 32.4 Å². The molecule has 1 aromatic heterocycles. The molecule has 1 atom stereocenters. The van der Waals surface area contributed by atoms with E-state index in [-0.39, 0.29) is 18.8 Å². The average Bonchev–Trinajstić information content (AvgIpc) is 2.70. The molecule has 1 unspecified atom stereocenters. The SMILES string of the molecule is Cn1ncc([N+](=O)[O-])c1C(CN)CNC(=O)OC(C)(C)C. The molecule has 9 heteroatoms. The molecular weight excluding hydrogens is 278 g/mol. The fourth-order valence-corrected chi connectivity index (χ4v) is 1.86. The topological polar surface area (TPSA) is 125 Å². The molecule has 9 nitrogen and oxygen atoms in total. The number of nitrogens with two attached hydrogens (primary N) is 1. The molecule has 0 aliphatic carbocycles. The molecule has 1 amide bonds. The van der Waals surface area contributed by atoms with Gasteiger partial charge in [-0.1, -0.05) is 0 Å². The maximum absolute atomic E-state index is 11.6. The van der Waals surface area contributed by atoms with Gasteiger partial charge in [-0.2, -0.15) is 5.10 Å². The van der Waals surface area contributed by atoms with E-state index in [4.69, 9.17) is 10.5 Å². The van der Waals surface area contributed by atoms with E-state index >= 15 is 0 Å². The van der Waals surface area contributed by atoms with Crippen LogP contribution in [-0.2, 0) is 11.8 Å². The van der Waals surface area contributed by atoms with Crippen molar-refractivity contribution in [1.82, 2.24) is 15.1 Å². The third-order valence-corrected chi connectivity index (χ3v) is 2.72. The van der Waals surface area contributed by atoms with Crippen molar-refractivity contribution in [1.29, 1.82) is 0 Å². The number of hydrogen-bond acceptors (Lipinski definition) is 6. The average molecular weight is 299 g/mol. The Labute approximate surface area is 122 Å². The molecule has 0 spiro atoms. The highest BCUT2D eigenvalue weighted by molar-refractivity contribution is 5.67. The number of hydrogen-bond donors (Lipinski definition) is 2. The molecule has 118 valence electrons. The van der Waals surface area contributed by atoms with E-state index in [1.54, 1.807) is 27.8 Å². The molecular formula is C12H21N5O4. The van der Waals surface area contributed by atoms with Crippen LogP contribution in [0.25, 0.3) is 0 Å². The molecule has 1 aromatic rings. The summed E-state index contributed by atoms with van der Waals surface area (Å²) in [5, 5.41) is 17.4. The highest BCUT2D eigenvalue weighted by Gasteiger charge is 2.27. The van der Waals surface area contributed by atoms with E-state index in [2.05, 4.69) is 10.4 Å². The van der Waals surface area contributed by atoms with E-state index in [1.165, 1.54) is 10.9 Å². The molecule has 0 radical (unpaired) electrons. The van der Waals surface area contributed by atoms with Crippen molar-refractivity contribution < 1.29 is 14.5 Å². The lowest BCUT2D eigenvalue weighted by molar-refractivity contribution is -0.385. The lowest BCUT2D eigenvalue weighted by Crippen LogP contribution is -2.36. The predicted molar refractivity (Wildman–Crippen MR) is 75.9 cm³/mol. The first kappa shape index (κ1) is 16.9. The fourth-order valence-electron chi connectivity index (χ4n) is 1.86. The normalized spacial score (nSPS) is 12.8. The van der Waals surface area contributed by atoms with Crippen molar-refractivity contribution in [2.75, 3.05) is 13.1 Å². The summed E-state index contributed by atoms with van der Waals surface area (Å²) in [6, 6.07) is 0. The van der Waals surface area contributed by atoms with Gasteiger partial charge < -0.3 is 15.8 Å². The zero-order valence-electron chi connectivity index (χ0n) is 12.6. The third kappa shape index (κ3) is 4.71. The van der Waals surface area contributed by atoms with Gasteiger partial charge in [0.2, 0.25) is 0 Å². The van der Waals surface area contributed by atoms with Gasteiger partial charge in [-0.15, -0.1) is 0 Å². The largest absolute Gasteiger partial charge is 0.444 e. The number of amides is 1. The summed E-state index contributed by atoms with van der Waals surface area (Å²) in [6.45, 7) is 5.51. The van der Waals surface area contributed by atoms with Crippen molar-refractivity contribution >= 4 is 11.8 Å². The molecule has 0 aliphatic rings. The summed E-state index contributed by atoms with van der Waals surface area (Å²) in [5.41, 5.74) is 5.31. The summed E-state index contributed by atoms with van der Waals surface area (Å²) < 4.78 is 6.51. The molecule has 0 fully saturated rings. The first-order chi connectivity index (χ1) is 9.65. The van der Waals surface area contributed by atoms with Crippen LogP contribution in [0.2, 0.25) is 0 Å². The Morgan fingerprint density at radius 3 is 2.71 bits per heavy atom. The minimum absolute atomic E-state index is 0.112. The molecule has 1 rings (SSSR count). The smallest absolute Gasteiger partial charge is 0.407 e. The first-order valence-corrected chi connectivity index (χ1v) is 6.49. The maximum Gasteiger partial charge on any atom is 0.407 e. The summed E-state index contributed by atoms with van der Waals surface area (Å²) in [5.74, 6) is -0.426. The number of aryl methyl sites for hydroxylation is 1. The number of carbonyl (C=O) groups is 1. The van der Waals surface area contributed by atoms with Gasteiger partial charge >= 0.3 is 11.8 Å². The van der Waals surface area contributed by atoms with Crippen molar-refractivity contribution in [2.45, 2.75) is 32.3 Å². The Bertz CT molecular complexity index is 520. The van der Waals surface area contributed by atoms with Crippen molar-refractivity contribution in [3.05, 3.63) is 22.0 Å². The molecule has 0 bridgehead atoms. The number of rotatable bonds is 5. The van der Waals surface area contributed by atoms with Crippen molar-refractivity contribution in [3.8, 4) is 0 Å². The highest BCUT2D eigenvalue weighted by atomic mass is 16.6. The van der Waals surface area contributed by atoms with Crippen LogP contribution in [0.3, 0.4) is 0 Å². The number of nitrogens with one attached hydrogen (secondary N) is 1. The monoisotopic (exact) mass is 299 g/mol.